The van der Waals surface area contributed by atoms with Crippen molar-refractivity contribution in [2.75, 3.05) is 30.9 Å². The number of halogens is 1. The first-order valence-electron chi connectivity index (χ1n) is 5.85. The molecule has 7 heteroatoms. The van der Waals surface area contributed by atoms with E-state index in [0.29, 0.717) is 10.7 Å². The van der Waals surface area contributed by atoms with Crippen molar-refractivity contribution in [2.45, 2.75) is 25.0 Å². The summed E-state index contributed by atoms with van der Waals surface area (Å²) in [6.45, 7) is 6.37. The van der Waals surface area contributed by atoms with Gasteiger partial charge in [0.05, 0.1) is 7.11 Å². The number of ether oxygens (including phenoxy) is 1. The third-order valence-electron chi connectivity index (χ3n) is 2.88. The molecule has 0 amide bonds. The lowest BCUT2D eigenvalue weighted by Crippen LogP contribution is -2.29. The molecule has 18 heavy (non-hydrogen) atoms. The molecular formula is C11H17ClN4OS. The van der Waals surface area contributed by atoms with Gasteiger partial charge in [-0.2, -0.15) is 26.7 Å². The van der Waals surface area contributed by atoms with Gasteiger partial charge in [-0.3, -0.25) is 0 Å². The van der Waals surface area contributed by atoms with Gasteiger partial charge in [-0.15, -0.1) is 0 Å². The van der Waals surface area contributed by atoms with Crippen molar-refractivity contribution < 1.29 is 4.74 Å². The molecule has 1 aliphatic rings. The molecule has 1 fully saturated rings. The SMILES string of the molecule is COc1nc(Cl)nc(N2CCSC(C)(C)CC2)n1. The first-order chi connectivity index (χ1) is 8.50. The lowest BCUT2D eigenvalue weighted by molar-refractivity contribution is 0.378. The number of aromatic nitrogens is 3. The molecule has 0 radical (unpaired) electrons. The fourth-order valence-corrected chi connectivity index (χ4v) is 3.02. The minimum Gasteiger partial charge on any atom is -0.467 e. The molecule has 0 unspecified atom stereocenters. The fraction of sp³-hybridized carbons (Fsp3) is 0.727. The fourth-order valence-electron chi connectivity index (χ4n) is 1.78. The van der Waals surface area contributed by atoms with E-state index in [4.69, 9.17) is 16.3 Å². The molecule has 1 aliphatic heterocycles. The zero-order valence-electron chi connectivity index (χ0n) is 10.8. The Kier molecular flexibility index (Phi) is 4.17. The van der Waals surface area contributed by atoms with E-state index in [0.717, 1.165) is 25.3 Å². The van der Waals surface area contributed by atoms with Gasteiger partial charge in [-0.1, -0.05) is 13.8 Å². The van der Waals surface area contributed by atoms with E-state index in [1.807, 2.05) is 11.8 Å². The Balaban J connectivity index is 2.18. The van der Waals surface area contributed by atoms with Crippen molar-refractivity contribution in [3.8, 4) is 6.01 Å². The molecular weight excluding hydrogens is 272 g/mol. The van der Waals surface area contributed by atoms with Crippen LogP contribution in [0.3, 0.4) is 0 Å². The lowest BCUT2D eigenvalue weighted by atomic mass is 10.1. The standard InChI is InChI=1S/C11H17ClN4OS/c1-11(2)4-5-16(6-7-18-11)9-13-8(12)14-10(15-9)17-3/h4-7H2,1-3H3. The maximum absolute atomic E-state index is 5.87. The topological polar surface area (TPSA) is 51.1 Å². The molecule has 0 aliphatic carbocycles. The van der Waals surface area contributed by atoms with Crippen molar-refractivity contribution in [3.63, 3.8) is 0 Å². The quantitative estimate of drug-likeness (QED) is 0.832. The first kappa shape index (κ1) is 13.7. The van der Waals surface area contributed by atoms with Gasteiger partial charge in [0.15, 0.2) is 0 Å². The second kappa shape index (κ2) is 5.48. The van der Waals surface area contributed by atoms with Crippen molar-refractivity contribution >= 4 is 29.3 Å². The average molecular weight is 289 g/mol. The zero-order valence-corrected chi connectivity index (χ0v) is 12.4. The molecule has 5 nitrogen and oxygen atoms in total. The third-order valence-corrected chi connectivity index (χ3v) is 4.42. The third kappa shape index (κ3) is 3.38. The summed E-state index contributed by atoms with van der Waals surface area (Å²) >= 11 is 7.85. The largest absolute Gasteiger partial charge is 0.467 e. The Hall–Kier alpha value is -0.750. The highest BCUT2D eigenvalue weighted by Crippen LogP contribution is 2.31. The predicted octanol–water partition coefficient (Wildman–Crippen LogP) is 2.26. The monoisotopic (exact) mass is 288 g/mol. The van der Waals surface area contributed by atoms with Gasteiger partial charge in [0.2, 0.25) is 11.2 Å². The van der Waals surface area contributed by atoms with E-state index in [2.05, 4.69) is 33.7 Å². The summed E-state index contributed by atoms with van der Waals surface area (Å²) in [5, 5.41) is 0.174. The molecule has 0 spiro atoms. The predicted molar refractivity (Wildman–Crippen MR) is 74.8 cm³/mol. The van der Waals surface area contributed by atoms with Crippen LogP contribution in [0.2, 0.25) is 5.28 Å². The molecule has 0 atom stereocenters. The van der Waals surface area contributed by atoms with Crippen molar-refractivity contribution in [1.29, 1.82) is 0 Å². The van der Waals surface area contributed by atoms with Crippen LogP contribution >= 0.6 is 23.4 Å². The second-order valence-electron chi connectivity index (χ2n) is 4.74. The van der Waals surface area contributed by atoms with E-state index in [1.165, 1.54) is 7.11 Å². The number of rotatable bonds is 2. The van der Waals surface area contributed by atoms with Gasteiger partial charge in [-0.05, 0) is 18.0 Å². The Bertz CT molecular complexity index is 430. The maximum atomic E-state index is 5.87. The minimum atomic E-state index is 0.174. The number of methoxy groups -OCH3 is 1. The maximum Gasteiger partial charge on any atom is 0.322 e. The molecule has 0 saturated carbocycles. The Morgan fingerprint density at radius 3 is 2.78 bits per heavy atom. The number of nitrogens with zero attached hydrogens (tertiary/aromatic N) is 4. The van der Waals surface area contributed by atoms with E-state index >= 15 is 0 Å². The summed E-state index contributed by atoms with van der Waals surface area (Å²) in [6.07, 6.45) is 1.09. The highest BCUT2D eigenvalue weighted by molar-refractivity contribution is 8.00. The Morgan fingerprint density at radius 2 is 2.06 bits per heavy atom. The van der Waals surface area contributed by atoms with Crippen LogP contribution in [0.5, 0.6) is 6.01 Å². The summed E-state index contributed by atoms with van der Waals surface area (Å²) < 4.78 is 5.32. The van der Waals surface area contributed by atoms with Gasteiger partial charge in [-0.25, -0.2) is 0 Å². The van der Waals surface area contributed by atoms with E-state index in [-0.39, 0.29) is 11.3 Å². The summed E-state index contributed by atoms with van der Waals surface area (Å²) in [5.41, 5.74) is 0. The molecule has 2 heterocycles. The molecule has 100 valence electrons. The van der Waals surface area contributed by atoms with E-state index in [9.17, 15) is 0 Å². The van der Waals surface area contributed by atoms with Crippen LogP contribution in [-0.4, -0.2) is 45.7 Å². The summed E-state index contributed by atoms with van der Waals surface area (Å²) in [7, 11) is 1.52. The number of hydrogen-bond donors (Lipinski definition) is 0. The molecule has 0 aromatic carbocycles. The Labute approximate surface area is 116 Å². The van der Waals surface area contributed by atoms with Crippen LogP contribution in [0, 0.1) is 0 Å². The molecule has 0 N–H and O–H groups in total. The zero-order chi connectivity index (χ0) is 13.2. The van der Waals surface area contributed by atoms with Crippen molar-refractivity contribution in [2.24, 2.45) is 0 Å². The summed E-state index contributed by atoms with van der Waals surface area (Å²) in [5.74, 6) is 1.66. The molecule has 1 aromatic heterocycles. The van der Waals surface area contributed by atoms with Gasteiger partial charge in [0.1, 0.15) is 0 Å². The van der Waals surface area contributed by atoms with Gasteiger partial charge >= 0.3 is 6.01 Å². The normalized spacial score (nSPS) is 19.4. The van der Waals surface area contributed by atoms with E-state index in [1.54, 1.807) is 0 Å². The van der Waals surface area contributed by atoms with Crippen LogP contribution < -0.4 is 9.64 Å². The average Bonchev–Trinajstić information content (AvgIpc) is 2.49. The number of thioether (sulfide) groups is 1. The Morgan fingerprint density at radius 1 is 1.28 bits per heavy atom. The smallest absolute Gasteiger partial charge is 0.322 e. The molecule has 2 rings (SSSR count). The van der Waals surface area contributed by atoms with Crippen LogP contribution in [0.15, 0.2) is 0 Å². The van der Waals surface area contributed by atoms with Crippen LogP contribution in [0.1, 0.15) is 20.3 Å². The van der Waals surface area contributed by atoms with Gasteiger partial charge < -0.3 is 9.64 Å². The van der Waals surface area contributed by atoms with E-state index < -0.39 is 0 Å². The molecule has 1 aromatic rings. The minimum absolute atomic E-state index is 0.174. The van der Waals surface area contributed by atoms with Crippen LogP contribution in [0.4, 0.5) is 5.95 Å². The van der Waals surface area contributed by atoms with Gasteiger partial charge in [0.25, 0.3) is 0 Å². The van der Waals surface area contributed by atoms with Gasteiger partial charge in [0, 0.05) is 23.6 Å². The molecule has 1 saturated heterocycles. The van der Waals surface area contributed by atoms with Crippen LogP contribution in [0.25, 0.3) is 0 Å². The highest BCUT2D eigenvalue weighted by atomic mass is 35.5. The summed E-state index contributed by atoms with van der Waals surface area (Å²) in [4.78, 5) is 14.5. The lowest BCUT2D eigenvalue weighted by Gasteiger charge is -2.22. The first-order valence-corrected chi connectivity index (χ1v) is 7.21. The number of anilines is 1. The second-order valence-corrected chi connectivity index (χ2v) is 6.88. The van der Waals surface area contributed by atoms with Crippen molar-refractivity contribution in [3.05, 3.63) is 5.28 Å². The summed E-state index contributed by atoms with van der Waals surface area (Å²) in [6, 6.07) is 0.265. The highest BCUT2D eigenvalue weighted by Gasteiger charge is 2.25. The number of hydrogen-bond acceptors (Lipinski definition) is 6. The van der Waals surface area contributed by atoms with Crippen LogP contribution in [-0.2, 0) is 0 Å². The molecule has 0 bridgehead atoms. The van der Waals surface area contributed by atoms with Crippen molar-refractivity contribution in [1.82, 2.24) is 15.0 Å².